The number of aromatic nitrogens is 1. The third kappa shape index (κ3) is 8.86. The second-order valence-corrected chi connectivity index (χ2v) is 11.6. The van der Waals surface area contributed by atoms with Gasteiger partial charge in [-0.05, 0) is 88.3 Å². The molecule has 2 N–H and O–H groups in total. The second kappa shape index (κ2) is 12.2. The zero-order valence-electron chi connectivity index (χ0n) is 22.3. The molecule has 0 spiro atoms. The van der Waals surface area contributed by atoms with Crippen molar-refractivity contribution >= 4 is 23.5 Å². The van der Waals surface area contributed by atoms with E-state index >= 15 is 0 Å². The second-order valence-electron chi connectivity index (χ2n) is 11.2. The molecule has 0 bridgehead atoms. The molecule has 1 aromatic carbocycles. The van der Waals surface area contributed by atoms with Gasteiger partial charge in [-0.3, -0.25) is 0 Å². The lowest BCUT2D eigenvalue weighted by Gasteiger charge is -2.32. The van der Waals surface area contributed by atoms with E-state index in [2.05, 4.69) is 29.5 Å². The van der Waals surface area contributed by atoms with E-state index in [-0.39, 0.29) is 18.2 Å². The lowest BCUT2D eigenvalue weighted by molar-refractivity contribution is -0.0249. The first-order chi connectivity index (χ1) is 16.9. The van der Waals surface area contributed by atoms with Crippen molar-refractivity contribution in [1.82, 2.24) is 10.3 Å². The van der Waals surface area contributed by atoms with Crippen molar-refractivity contribution in [3.63, 3.8) is 0 Å². The van der Waals surface area contributed by atoms with Gasteiger partial charge < -0.3 is 24.8 Å². The van der Waals surface area contributed by atoms with Gasteiger partial charge in [-0.25, -0.2) is 9.78 Å². The standard InChI is InChI=1S/C28H40ClN3O4/c1-19(2)16-28(6,36-26(33)32-27(3,4)5)18-35-24-10-9-20(14-23(24)29)21-11-12-30-25(15-21)31-22-8-7-13-34-17-22/h9-12,14-15,19,22H,7-8,13,16-18H2,1-6H3,(H,30,31)(H,32,33)/t22-,28-/m0/s1. The van der Waals surface area contributed by atoms with E-state index in [1.54, 1.807) is 6.20 Å². The van der Waals surface area contributed by atoms with Crippen molar-refractivity contribution in [2.75, 3.05) is 25.1 Å². The number of nitrogens with zero attached hydrogens (tertiary/aromatic N) is 1. The lowest BCUT2D eigenvalue weighted by Crippen LogP contribution is -2.47. The number of amides is 1. The smallest absolute Gasteiger partial charge is 0.408 e. The number of benzene rings is 1. The molecule has 0 aliphatic carbocycles. The summed E-state index contributed by atoms with van der Waals surface area (Å²) in [6, 6.07) is 9.95. The van der Waals surface area contributed by atoms with Crippen LogP contribution in [-0.4, -0.2) is 48.1 Å². The maximum absolute atomic E-state index is 12.5. The molecule has 36 heavy (non-hydrogen) atoms. The highest BCUT2D eigenvalue weighted by Crippen LogP contribution is 2.33. The molecular formula is C28H40ClN3O4. The van der Waals surface area contributed by atoms with Crippen LogP contribution in [0.25, 0.3) is 11.1 Å². The van der Waals surface area contributed by atoms with Crippen molar-refractivity contribution in [3.8, 4) is 16.9 Å². The first-order valence-corrected chi connectivity index (χ1v) is 13.0. The highest BCUT2D eigenvalue weighted by atomic mass is 35.5. The maximum Gasteiger partial charge on any atom is 0.408 e. The van der Waals surface area contributed by atoms with Crippen LogP contribution in [0, 0.1) is 5.92 Å². The van der Waals surface area contributed by atoms with Crippen LogP contribution in [0.3, 0.4) is 0 Å². The molecule has 1 aliphatic heterocycles. The normalized spacial score (nSPS) is 17.8. The lowest BCUT2D eigenvalue weighted by atomic mass is 9.95. The number of carbonyl (C=O) groups excluding carboxylic acids is 1. The zero-order chi connectivity index (χ0) is 26.3. The number of carbonyl (C=O) groups is 1. The predicted molar refractivity (Wildman–Crippen MR) is 145 cm³/mol. The van der Waals surface area contributed by atoms with Gasteiger partial charge in [-0.15, -0.1) is 0 Å². The van der Waals surface area contributed by atoms with E-state index in [0.717, 1.165) is 36.4 Å². The Balaban J connectivity index is 1.68. The molecule has 0 radical (unpaired) electrons. The van der Waals surface area contributed by atoms with Crippen molar-refractivity contribution < 1.29 is 19.0 Å². The van der Waals surface area contributed by atoms with Crippen LogP contribution in [0.5, 0.6) is 5.75 Å². The van der Waals surface area contributed by atoms with Gasteiger partial charge in [-0.2, -0.15) is 0 Å². The zero-order valence-corrected chi connectivity index (χ0v) is 23.1. The number of halogens is 1. The third-order valence-corrected chi connectivity index (χ3v) is 6.02. The molecule has 1 saturated heterocycles. The summed E-state index contributed by atoms with van der Waals surface area (Å²) in [4.78, 5) is 16.9. The largest absolute Gasteiger partial charge is 0.488 e. The van der Waals surface area contributed by atoms with E-state index in [0.29, 0.717) is 29.7 Å². The fourth-order valence-corrected chi connectivity index (χ4v) is 4.56. The van der Waals surface area contributed by atoms with Crippen LogP contribution in [-0.2, 0) is 9.47 Å². The molecule has 3 rings (SSSR count). The molecule has 7 nitrogen and oxygen atoms in total. The Kier molecular flexibility index (Phi) is 9.47. The number of nitrogens with one attached hydrogen (secondary N) is 2. The minimum absolute atomic E-state index is 0.189. The first-order valence-electron chi connectivity index (χ1n) is 12.7. The van der Waals surface area contributed by atoms with Gasteiger partial charge in [0.25, 0.3) is 0 Å². The van der Waals surface area contributed by atoms with E-state index < -0.39 is 11.7 Å². The Morgan fingerprint density at radius 1 is 1.19 bits per heavy atom. The van der Waals surface area contributed by atoms with E-state index in [4.69, 9.17) is 25.8 Å². The average Bonchev–Trinajstić information content (AvgIpc) is 2.77. The molecule has 1 aromatic heterocycles. The summed E-state index contributed by atoms with van der Waals surface area (Å²) in [6.07, 6.45) is 4.10. The number of alkyl carbamates (subject to hydrolysis) is 1. The molecule has 1 aliphatic rings. The SMILES string of the molecule is CC(C)C[C@@](C)(COc1ccc(-c2ccnc(N[C@H]3CCCOC3)c2)cc1Cl)OC(=O)NC(C)(C)C. The number of hydrogen-bond donors (Lipinski definition) is 2. The molecular weight excluding hydrogens is 478 g/mol. The summed E-state index contributed by atoms with van der Waals surface area (Å²) in [6.45, 7) is 13.5. The molecule has 0 saturated carbocycles. The summed E-state index contributed by atoms with van der Waals surface area (Å²) in [7, 11) is 0. The number of rotatable bonds is 9. The van der Waals surface area contributed by atoms with Gasteiger partial charge in [0.2, 0.25) is 0 Å². The molecule has 0 unspecified atom stereocenters. The van der Waals surface area contributed by atoms with Crippen molar-refractivity contribution in [2.24, 2.45) is 5.92 Å². The van der Waals surface area contributed by atoms with Gasteiger partial charge in [0.1, 0.15) is 23.8 Å². The molecule has 2 heterocycles. The highest BCUT2D eigenvalue weighted by molar-refractivity contribution is 6.32. The monoisotopic (exact) mass is 517 g/mol. The van der Waals surface area contributed by atoms with E-state index in [9.17, 15) is 4.79 Å². The molecule has 1 fully saturated rings. The van der Waals surface area contributed by atoms with Gasteiger partial charge in [0.05, 0.1) is 17.7 Å². The Morgan fingerprint density at radius 3 is 2.58 bits per heavy atom. The Bertz CT molecular complexity index is 1020. The van der Waals surface area contributed by atoms with Gasteiger partial charge >= 0.3 is 6.09 Å². The maximum atomic E-state index is 12.5. The van der Waals surface area contributed by atoms with Crippen LogP contribution in [0.15, 0.2) is 36.5 Å². The van der Waals surface area contributed by atoms with Crippen LogP contribution >= 0.6 is 11.6 Å². The van der Waals surface area contributed by atoms with E-state index in [1.807, 2.05) is 58.0 Å². The fraction of sp³-hybridized carbons (Fsp3) is 0.571. The predicted octanol–water partition coefficient (Wildman–Crippen LogP) is 6.70. The van der Waals surface area contributed by atoms with E-state index in [1.165, 1.54) is 0 Å². The van der Waals surface area contributed by atoms with Gasteiger partial charge in [0.15, 0.2) is 0 Å². The Labute approximate surface area is 220 Å². The molecule has 2 atom stereocenters. The van der Waals surface area contributed by atoms with Crippen LogP contribution in [0.4, 0.5) is 10.6 Å². The quantitative estimate of drug-likeness (QED) is 0.385. The minimum atomic E-state index is -0.806. The Morgan fingerprint density at radius 2 is 1.94 bits per heavy atom. The van der Waals surface area contributed by atoms with Crippen molar-refractivity contribution in [3.05, 3.63) is 41.6 Å². The van der Waals surface area contributed by atoms with Crippen molar-refractivity contribution in [1.29, 1.82) is 0 Å². The Hall–Kier alpha value is -2.51. The number of anilines is 1. The fourth-order valence-electron chi connectivity index (χ4n) is 4.33. The highest BCUT2D eigenvalue weighted by Gasteiger charge is 2.32. The minimum Gasteiger partial charge on any atom is -0.488 e. The van der Waals surface area contributed by atoms with Gasteiger partial charge in [0, 0.05) is 18.3 Å². The summed E-state index contributed by atoms with van der Waals surface area (Å²) >= 11 is 6.61. The topological polar surface area (TPSA) is 81.7 Å². The summed E-state index contributed by atoms with van der Waals surface area (Å²) in [5.41, 5.74) is 0.774. The first kappa shape index (κ1) is 28.1. The van der Waals surface area contributed by atoms with Gasteiger partial charge in [-0.1, -0.05) is 31.5 Å². The number of hydrogen-bond acceptors (Lipinski definition) is 6. The van der Waals surface area contributed by atoms with Crippen LogP contribution in [0.1, 0.15) is 60.8 Å². The third-order valence-electron chi connectivity index (χ3n) is 5.73. The average molecular weight is 518 g/mol. The molecule has 198 valence electrons. The van der Waals surface area contributed by atoms with Crippen LogP contribution in [0.2, 0.25) is 5.02 Å². The summed E-state index contributed by atoms with van der Waals surface area (Å²) in [5, 5.41) is 6.80. The molecule has 1 amide bonds. The van der Waals surface area contributed by atoms with Crippen LogP contribution < -0.4 is 15.4 Å². The molecule has 8 heteroatoms. The number of pyridine rings is 1. The molecule has 2 aromatic rings. The number of ether oxygens (including phenoxy) is 3. The summed E-state index contributed by atoms with van der Waals surface area (Å²) in [5.74, 6) is 1.67. The van der Waals surface area contributed by atoms with Crippen molar-refractivity contribution in [2.45, 2.75) is 78.0 Å². The summed E-state index contributed by atoms with van der Waals surface area (Å²) < 4.78 is 17.4.